The summed E-state index contributed by atoms with van der Waals surface area (Å²) in [6, 6.07) is 0. The van der Waals surface area contributed by atoms with Crippen LogP contribution in [0.25, 0.3) is 11.2 Å². The molecule has 1 aliphatic rings. The van der Waals surface area contributed by atoms with E-state index in [1.807, 2.05) is 7.05 Å². The zero-order chi connectivity index (χ0) is 13.4. The molecule has 2 aromatic heterocycles. The van der Waals surface area contributed by atoms with Crippen molar-refractivity contribution >= 4 is 28.9 Å². The SMILES string of the molecule is CNc1nc(N2CCOCC2)c2nc(N)n(C)c2n1. The summed E-state index contributed by atoms with van der Waals surface area (Å²) in [6.45, 7) is 2.99. The molecule has 3 N–H and O–H groups in total. The standard InChI is InChI=1S/C11H17N7O/c1-13-11-15-8-7(14-10(12)17(8)2)9(16-11)18-3-5-19-6-4-18/h3-6H2,1-2H3,(H2,12,14)(H,13,15,16). The van der Waals surface area contributed by atoms with Gasteiger partial charge in [-0.2, -0.15) is 9.97 Å². The van der Waals surface area contributed by atoms with Gasteiger partial charge in [0.15, 0.2) is 17.0 Å². The van der Waals surface area contributed by atoms with Crippen molar-refractivity contribution in [2.75, 3.05) is 49.3 Å². The Labute approximate surface area is 110 Å². The fourth-order valence-electron chi connectivity index (χ4n) is 2.17. The highest BCUT2D eigenvalue weighted by molar-refractivity contribution is 5.86. The largest absolute Gasteiger partial charge is 0.378 e. The van der Waals surface area contributed by atoms with Crippen LogP contribution >= 0.6 is 0 Å². The first-order valence-electron chi connectivity index (χ1n) is 6.21. The van der Waals surface area contributed by atoms with Gasteiger partial charge in [-0.3, -0.25) is 4.57 Å². The molecule has 0 radical (unpaired) electrons. The number of nitrogens with zero attached hydrogens (tertiary/aromatic N) is 5. The predicted octanol–water partition coefficient (Wildman–Crippen LogP) is -0.176. The second kappa shape index (κ2) is 4.54. The number of aromatic nitrogens is 4. The Balaban J connectivity index is 2.17. The van der Waals surface area contributed by atoms with Crippen molar-refractivity contribution in [2.24, 2.45) is 7.05 Å². The molecule has 1 saturated heterocycles. The summed E-state index contributed by atoms with van der Waals surface area (Å²) in [6.07, 6.45) is 0. The van der Waals surface area contributed by atoms with Crippen molar-refractivity contribution in [3.63, 3.8) is 0 Å². The van der Waals surface area contributed by atoms with Crippen LogP contribution in [0.1, 0.15) is 0 Å². The number of nitrogens with one attached hydrogen (secondary N) is 1. The molecule has 0 unspecified atom stereocenters. The molecule has 0 amide bonds. The van der Waals surface area contributed by atoms with Crippen molar-refractivity contribution in [3.8, 4) is 0 Å². The molecule has 3 rings (SSSR count). The van der Waals surface area contributed by atoms with Crippen LogP contribution in [0.2, 0.25) is 0 Å². The molecule has 1 fully saturated rings. The maximum absolute atomic E-state index is 5.86. The minimum absolute atomic E-state index is 0.437. The molecule has 0 spiro atoms. The van der Waals surface area contributed by atoms with Crippen LogP contribution in [0.4, 0.5) is 17.7 Å². The Hall–Kier alpha value is -2.09. The minimum Gasteiger partial charge on any atom is -0.378 e. The summed E-state index contributed by atoms with van der Waals surface area (Å²) >= 11 is 0. The molecule has 19 heavy (non-hydrogen) atoms. The summed E-state index contributed by atoms with van der Waals surface area (Å²) in [7, 11) is 3.64. The van der Waals surface area contributed by atoms with E-state index in [2.05, 4.69) is 25.2 Å². The summed E-state index contributed by atoms with van der Waals surface area (Å²) in [5.41, 5.74) is 7.33. The number of hydrogen-bond donors (Lipinski definition) is 2. The Bertz CT molecular complexity index is 603. The van der Waals surface area contributed by atoms with Gasteiger partial charge in [0.25, 0.3) is 0 Å². The molecule has 1 aliphatic heterocycles. The number of fused-ring (bicyclic) bond motifs is 1. The Morgan fingerprint density at radius 2 is 1.95 bits per heavy atom. The third-order valence-electron chi connectivity index (χ3n) is 3.27. The molecular formula is C11H17N7O. The number of anilines is 3. The lowest BCUT2D eigenvalue weighted by atomic mass is 10.3. The topological polar surface area (TPSA) is 94.1 Å². The van der Waals surface area contributed by atoms with Gasteiger partial charge in [0.05, 0.1) is 13.2 Å². The summed E-state index contributed by atoms with van der Waals surface area (Å²) in [5, 5.41) is 2.97. The lowest BCUT2D eigenvalue weighted by Crippen LogP contribution is -2.37. The Kier molecular flexibility index (Phi) is 2.86. The van der Waals surface area contributed by atoms with Gasteiger partial charge in [-0.25, -0.2) is 4.98 Å². The molecule has 0 aromatic carbocycles. The third kappa shape index (κ3) is 1.93. The molecule has 8 nitrogen and oxygen atoms in total. The van der Waals surface area contributed by atoms with Crippen LogP contribution in [0.15, 0.2) is 0 Å². The quantitative estimate of drug-likeness (QED) is 0.776. The van der Waals surface area contributed by atoms with Crippen LogP contribution in [-0.4, -0.2) is 52.9 Å². The van der Waals surface area contributed by atoms with Gasteiger partial charge in [0.1, 0.15) is 0 Å². The van der Waals surface area contributed by atoms with E-state index in [9.17, 15) is 0 Å². The van der Waals surface area contributed by atoms with E-state index in [1.165, 1.54) is 0 Å². The first kappa shape index (κ1) is 12.0. The van der Waals surface area contributed by atoms with E-state index in [4.69, 9.17) is 10.5 Å². The van der Waals surface area contributed by atoms with Crippen LogP contribution in [0.3, 0.4) is 0 Å². The van der Waals surface area contributed by atoms with Crippen molar-refractivity contribution in [3.05, 3.63) is 0 Å². The molecule has 8 heteroatoms. The van der Waals surface area contributed by atoms with E-state index in [0.717, 1.165) is 30.1 Å². The van der Waals surface area contributed by atoms with Gasteiger partial charge < -0.3 is 20.7 Å². The fourth-order valence-corrected chi connectivity index (χ4v) is 2.17. The van der Waals surface area contributed by atoms with Crippen molar-refractivity contribution in [1.29, 1.82) is 0 Å². The smallest absolute Gasteiger partial charge is 0.226 e. The minimum atomic E-state index is 0.437. The van der Waals surface area contributed by atoms with E-state index in [1.54, 1.807) is 11.6 Å². The number of imidazole rings is 1. The zero-order valence-electron chi connectivity index (χ0n) is 11.1. The number of nitrogen functional groups attached to an aromatic ring is 1. The zero-order valence-corrected chi connectivity index (χ0v) is 11.1. The first-order chi connectivity index (χ1) is 9.20. The Morgan fingerprint density at radius 3 is 2.63 bits per heavy atom. The van der Waals surface area contributed by atoms with Crippen LogP contribution in [-0.2, 0) is 11.8 Å². The number of ether oxygens (including phenoxy) is 1. The molecule has 0 atom stereocenters. The molecule has 3 heterocycles. The van der Waals surface area contributed by atoms with E-state index in [0.29, 0.717) is 25.1 Å². The van der Waals surface area contributed by atoms with Crippen molar-refractivity contribution in [2.45, 2.75) is 0 Å². The van der Waals surface area contributed by atoms with E-state index < -0.39 is 0 Å². The van der Waals surface area contributed by atoms with Gasteiger partial charge in [0, 0.05) is 27.2 Å². The monoisotopic (exact) mass is 263 g/mol. The number of aryl methyl sites for hydroxylation is 1. The van der Waals surface area contributed by atoms with Crippen molar-refractivity contribution in [1.82, 2.24) is 19.5 Å². The molecule has 2 aromatic rings. The van der Waals surface area contributed by atoms with E-state index >= 15 is 0 Å². The maximum Gasteiger partial charge on any atom is 0.226 e. The molecular weight excluding hydrogens is 246 g/mol. The number of nitrogens with two attached hydrogens (primary N) is 1. The summed E-state index contributed by atoms with van der Waals surface area (Å²) < 4.78 is 7.13. The van der Waals surface area contributed by atoms with Gasteiger partial charge in [-0.15, -0.1) is 0 Å². The van der Waals surface area contributed by atoms with Crippen LogP contribution in [0.5, 0.6) is 0 Å². The first-order valence-corrected chi connectivity index (χ1v) is 6.21. The lowest BCUT2D eigenvalue weighted by Gasteiger charge is -2.27. The fraction of sp³-hybridized carbons (Fsp3) is 0.545. The highest BCUT2D eigenvalue weighted by Crippen LogP contribution is 2.26. The molecule has 0 aliphatic carbocycles. The van der Waals surface area contributed by atoms with E-state index in [-0.39, 0.29) is 0 Å². The highest BCUT2D eigenvalue weighted by atomic mass is 16.5. The van der Waals surface area contributed by atoms with Crippen LogP contribution in [0, 0.1) is 0 Å². The van der Waals surface area contributed by atoms with Gasteiger partial charge >= 0.3 is 0 Å². The normalized spacial score (nSPS) is 16.0. The summed E-state index contributed by atoms with van der Waals surface area (Å²) in [4.78, 5) is 15.4. The lowest BCUT2D eigenvalue weighted by molar-refractivity contribution is 0.122. The van der Waals surface area contributed by atoms with Gasteiger partial charge in [-0.05, 0) is 0 Å². The second-order valence-electron chi connectivity index (χ2n) is 4.42. The number of rotatable bonds is 2. The Morgan fingerprint density at radius 1 is 1.21 bits per heavy atom. The molecule has 102 valence electrons. The third-order valence-corrected chi connectivity index (χ3v) is 3.27. The van der Waals surface area contributed by atoms with Crippen molar-refractivity contribution < 1.29 is 4.74 Å². The number of hydrogen-bond acceptors (Lipinski definition) is 7. The average molecular weight is 263 g/mol. The average Bonchev–Trinajstić information content (AvgIpc) is 2.74. The van der Waals surface area contributed by atoms with Gasteiger partial charge in [-0.1, -0.05) is 0 Å². The molecule has 0 saturated carbocycles. The predicted molar refractivity (Wildman–Crippen MR) is 73.3 cm³/mol. The summed E-state index contributed by atoms with van der Waals surface area (Å²) in [5.74, 6) is 1.81. The van der Waals surface area contributed by atoms with Gasteiger partial charge in [0.2, 0.25) is 11.9 Å². The van der Waals surface area contributed by atoms with Crippen LogP contribution < -0.4 is 16.0 Å². The highest BCUT2D eigenvalue weighted by Gasteiger charge is 2.20. The number of morpholine rings is 1. The molecule has 0 bridgehead atoms. The maximum atomic E-state index is 5.86. The second-order valence-corrected chi connectivity index (χ2v) is 4.42.